The van der Waals surface area contributed by atoms with Crippen molar-refractivity contribution in [3.05, 3.63) is 12.3 Å². The summed E-state index contributed by atoms with van der Waals surface area (Å²) in [6.45, 7) is 7.73. The highest BCUT2D eigenvalue weighted by atomic mass is 15.4. The van der Waals surface area contributed by atoms with Crippen LogP contribution in [0.2, 0.25) is 0 Å². The molecule has 2 fully saturated rings. The monoisotopic (exact) mass is 249 g/mol. The zero-order valence-corrected chi connectivity index (χ0v) is 11.1. The van der Waals surface area contributed by atoms with Crippen molar-refractivity contribution in [2.75, 3.05) is 38.0 Å². The number of piperidine rings is 1. The zero-order valence-electron chi connectivity index (χ0n) is 11.1. The number of rotatable bonds is 4. The zero-order chi connectivity index (χ0) is 12.4. The van der Waals surface area contributed by atoms with E-state index < -0.39 is 0 Å². The van der Waals surface area contributed by atoms with Crippen LogP contribution in [0.3, 0.4) is 0 Å². The summed E-state index contributed by atoms with van der Waals surface area (Å²) in [5, 5.41) is 14.8. The normalized spacial score (nSPS) is 28.9. The molecule has 1 atom stereocenters. The predicted octanol–water partition coefficient (Wildman–Crippen LogP) is 0.829. The molecule has 18 heavy (non-hydrogen) atoms. The van der Waals surface area contributed by atoms with Crippen LogP contribution in [-0.2, 0) is 0 Å². The largest absolute Gasteiger partial charge is 0.370 e. The van der Waals surface area contributed by atoms with Gasteiger partial charge >= 0.3 is 0 Å². The molecule has 1 unspecified atom stereocenters. The van der Waals surface area contributed by atoms with Gasteiger partial charge in [-0.15, -0.1) is 0 Å². The second-order valence-corrected chi connectivity index (χ2v) is 5.92. The number of nitrogens with one attached hydrogen (secondary N) is 3. The average molecular weight is 249 g/mol. The van der Waals surface area contributed by atoms with E-state index in [-0.39, 0.29) is 0 Å². The van der Waals surface area contributed by atoms with Crippen molar-refractivity contribution in [1.29, 1.82) is 0 Å². The summed E-state index contributed by atoms with van der Waals surface area (Å²) in [5.74, 6) is 1.16. The van der Waals surface area contributed by atoms with Gasteiger partial charge in [0.1, 0.15) is 5.82 Å². The van der Waals surface area contributed by atoms with Crippen LogP contribution in [0.15, 0.2) is 12.3 Å². The number of nitrogens with zero attached hydrogens (tertiary/aromatic N) is 2. The molecular weight excluding hydrogens is 226 g/mol. The second-order valence-electron chi connectivity index (χ2n) is 5.92. The third-order valence-electron chi connectivity index (χ3n) is 4.16. The molecule has 2 aliphatic rings. The molecule has 0 amide bonds. The Morgan fingerprint density at radius 2 is 2.39 bits per heavy atom. The fraction of sp³-hybridized carbons (Fsp3) is 0.769. The Hall–Kier alpha value is -1.07. The summed E-state index contributed by atoms with van der Waals surface area (Å²) >= 11 is 0. The van der Waals surface area contributed by atoms with Crippen LogP contribution >= 0.6 is 0 Å². The highest BCUT2D eigenvalue weighted by Gasteiger charge is 2.27. The third-order valence-corrected chi connectivity index (χ3v) is 4.16. The Morgan fingerprint density at radius 1 is 1.50 bits per heavy atom. The van der Waals surface area contributed by atoms with Crippen LogP contribution in [0.5, 0.6) is 0 Å². The lowest BCUT2D eigenvalue weighted by Crippen LogP contribution is -2.45. The molecule has 2 saturated heterocycles. The van der Waals surface area contributed by atoms with Gasteiger partial charge in [0.2, 0.25) is 0 Å². The first-order chi connectivity index (χ1) is 8.77. The van der Waals surface area contributed by atoms with Crippen molar-refractivity contribution in [3.63, 3.8) is 0 Å². The van der Waals surface area contributed by atoms with E-state index in [4.69, 9.17) is 0 Å². The number of hydrogen-bond acceptors (Lipinski definition) is 4. The molecule has 5 heteroatoms. The summed E-state index contributed by atoms with van der Waals surface area (Å²) in [6.07, 6.45) is 4.47. The van der Waals surface area contributed by atoms with E-state index in [1.807, 2.05) is 6.20 Å². The second kappa shape index (κ2) is 4.90. The van der Waals surface area contributed by atoms with Crippen LogP contribution in [0.1, 0.15) is 25.8 Å². The first-order valence-electron chi connectivity index (χ1n) is 6.96. The molecule has 1 aromatic rings. The van der Waals surface area contributed by atoms with Gasteiger partial charge in [-0.2, -0.15) is 5.10 Å². The highest BCUT2D eigenvalue weighted by molar-refractivity contribution is 5.35. The van der Waals surface area contributed by atoms with E-state index in [2.05, 4.69) is 38.7 Å². The summed E-state index contributed by atoms with van der Waals surface area (Å²) in [7, 11) is 0. The quantitative estimate of drug-likeness (QED) is 0.740. The summed E-state index contributed by atoms with van der Waals surface area (Å²) < 4.78 is 2.12. The summed E-state index contributed by atoms with van der Waals surface area (Å²) in [4.78, 5) is 0. The van der Waals surface area contributed by atoms with Crippen LogP contribution in [0.4, 0.5) is 5.82 Å². The standard InChI is InChI=1S/C13H23N5/c1-13(4-2-5-14-9-13)10-16-12-3-6-17-18(12)11-7-15-8-11/h3,6,11,14-16H,2,4-5,7-10H2,1H3. The molecular formula is C13H23N5. The Labute approximate surface area is 108 Å². The SMILES string of the molecule is CC1(CNc2ccnn2C2CNC2)CCCNC1. The van der Waals surface area contributed by atoms with Gasteiger partial charge in [0.25, 0.3) is 0 Å². The summed E-state index contributed by atoms with van der Waals surface area (Å²) in [6, 6.07) is 2.61. The summed E-state index contributed by atoms with van der Waals surface area (Å²) in [5.41, 5.74) is 0.366. The predicted molar refractivity (Wildman–Crippen MR) is 72.8 cm³/mol. The maximum Gasteiger partial charge on any atom is 0.124 e. The van der Waals surface area contributed by atoms with E-state index in [0.29, 0.717) is 11.5 Å². The van der Waals surface area contributed by atoms with E-state index in [9.17, 15) is 0 Å². The maximum absolute atomic E-state index is 4.42. The van der Waals surface area contributed by atoms with Gasteiger partial charge in [0.05, 0.1) is 12.2 Å². The first kappa shape index (κ1) is 12.0. The van der Waals surface area contributed by atoms with Gasteiger partial charge in [0.15, 0.2) is 0 Å². The van der Waals surface area contributed by atoms with E-state index in [0.717, 1.165) is 32.0 Å². The van der Waals surface area contributed by atoms with Gasteiger partial charge in [-0.1, -0.05) is 6.92 Å². The van der Waals surface area contributed by atoms with Crippen LogP contribution in [0, 0.1) is 5.41 Å². The lowest BCUT2D eigenvalue weighted by molar-refractivity contribution is 0.252. The molecule has 0 aromatic carbocycles. The van der Waals surface area contributed by atoms with Crippen molar-refractivity contribution in [2.24, 2.45) is 5.41 Å². The van der Waals surface area contributed by atoms with E-state index >= 15 is 0 Å². The molecule has 5 nitrogen and oxygen atoms in total. The van der Waals surface area contributed by atoms with Crippen LogP contribution in [-0.4, -0.2) is 42.5 Å². The van der Waals surface area contributed by atoms with Gasteiger partial charge in [0, 0.05) is 32.2 Å². The van der Waals surface area contributed by atoms with Crippen molar-refractivity contribution in [3.8, 4) is 0 Å². The van der Waals surface area contributed by atoms with Crippen LogP contribution < -0.4 is 16.0 Å². The third kappa shape index (κ3) is 2.37. The number of hydrogen-bond donors (Lipinski definition) is 3. The minimum atomic E-state index is 0.366. The lowest BCUT2D eigenvalue weighted by Gasteiger charge is -2.35. The van der Waals surface area contributed by atoms with Gasteiger partial charge in [-0.3, -0.25) is 0 Å². The number of aromatic nitrogens is 2. The van der Waals surface area contributed by atoms with Gasteiger partial charge in [-0.05, 0) is 24.8 Å². The topological polar surface area (TPSA) is 53.9 Å². The molecule has 0 aliphatic carbocycles. The minimum Gasteiger partial charge on any atom is -0.370 e. The Balaban J connectivity index is 1.60. The van der Waals surface area contributed by atoms with Crippen molar-refractivity contribution in [1.82, 2.24) is 20.4 Å². The molecule has 3 N–H and O–H groups in total. The molecule has 0 spiro atoms. The van der Waals surface area contributed by atoms with Gasteiger partial charge < -0.3 is 16.0 Å². The lowest BCUT2D eigenvalue weighted by atomic mass is 9.83. The Bertz CT molecular complexity index is 390. The molecule has 0 saturated carbocycles. The Kier molecular flexibility index (Phi) is 3.26. The van der Waals surface area contributed by atoms with Gasteiger partial charge in [-0.25, -0.2) is 4.68 Å². The minimum absolute atomic E-state index is 0.366. The average Bonchev–Trinajstić information content (AvgIpc) is 2.74. The van der Waals surface area contributed by atoms with E-state index in [1.165, 1.54) is 19.4 Å². The Morgan fingerprint density at radius 3 is 3.06 bits per heavy atom. The molecule has 2 aliphatic heterocycles. The molecule has 3 rings (SSSR count). The number of anilines is 1. The molecule has 100 valence electrons. The fourth-order valence-electron chi connectivity index (χ4n) is 2.77. The molecule has 0 bridgehead atoms. The first-order valence-corrected chi connectivity index (χ1v) is 6.96. The van der Waals surface area contributed by atoms with Crippen LogP contribution in [0.25, 0.3) is 0 Å². The van der Waals surface area contributed by atoms with Crippen molar-refractivity contribution < 1.29 is 0 Å². The fourth-order valence-corrected chi connectivity index (χ4v) is 2.77. The molecule has 1 aromatic heterocycles. The van der Waals surface area contributed by atoms with E-state index in [1.54, 1.807) is 0 Å². The maximum atomic E-state index is 4.42. The van der Waals surface area contributed by atoms with Crippen molar-refractivity contribution in [2.45, 2.75) is 25.8 Å². The highest BCUT2D eigenvalue weighted by Crippen LogP contribution is 2.26. The molecule has 0 radical (unpaired) electrons. The van der Waals surface area contributed by atoms with Crippen molar-refractivity contribution >= 4 is 5.82 Å². The molecule has 3 heterocycles. The smallest absolute Gasteiger partial charge is 0.124 e.